The molecule has 0 radical (unpaired) electrons. The van der Waals surface area contributed by atoms with Gasteiger partial charge in [0.2, 0.25) is 0 Å². The molecule has 0 saturated carbocycles. The van der Waals surface area contributed by atoms with Gasteiger partial charge in [-0.15, -0.1) is 0 Å². The minimum absolute atomic E-state index is 0.242. The molecule has 0 aliphatic carbocycles. The number of carbonyl (C=O) groups is 1. The minimum Gasteiger partial charge on any atom is -0.501 e. The Bertz CT molecular complexity index is 402. The van der Waals surface area contributed by atoms with Crippen molar-refractivity contribution in [3.8, 4) is 0 Å². The highest BCUT2D eigenvalue weighted by Gasteiger charge is 2.00. The third kappa shape index (κ3) is 3.95. The lowest BCUT2D eigenvalue weighted by Gasteiger charge is -2.04. The van der Waals surface area contributed by atoms with Crippen molar-refractivity contribution in [2.75, 3.05) is 11.9 Å². The smallest absolute Gasteiger partial charge is 0.251 e. The molecule has 0 saturated heterocycles. The van der Waals surface area contributed by atoms with Gasteiger partial charge >= 0.3 is 0 Å². The van der Waals surface area contributed by atoms with Gasteiger partial charge in [-0.3, -0.25) is 4.79 Å². The zero-order chi connectivity index (χ0) is 12.0. The van der Waals surface area contributed by atoms with E-state index in [1.807, 2.05) is 19.9 Å². The van der Waals surface area contributed by atoms with Crippen LogP contribution in [0, 0.1) is 6.92 Å². The molecule has 1 N–H and O–H groups in total. The second-order valence-corrected chi connectivity index (χ2v) is 3.62. The van der Waals surface area contributed by atoms with Gasteiger partial charge in [-0.2, -0.15) is 0 Å². The molecule has 0 unspecified atom stereocenters. The van der Waals surface area contributed by atoms with Crippen molar-refractivity contribution in [3.05, 3.63) is 41.1 Å². The fourth-order valence-corrected chi connectivity index (χ4v) is 1.24. The van der Waals surface area contributed by atoms with E-state index in [0.29, 0.717) is 17.3 Å². The number of amides is 1. The Kier molecular flexibility index (Phi) is 4.86. The number of halogens is 1. The number of carbonyl (C=O) groups excluding carboxylic acids is 1. The van der Waals surface area contributed by atoms with Crippen molar-refractivity contribution in [2.45, 2.75) is 13.8 Å². The molecule has 0 aliphatic rings. The highest BCUT2D eigenvalue weighted by atomic mass is 35.5. The molecular formula is C12H14ClNO2. The lowest BCUT2D eigenvalue weighted by molar-refractivity contribution is -0.112. The standard InChI is InChI=1S/C12H14ClNO2/c1-3-16-7-6-12(15)14-10-5-4-9(2)11(13)8-10/h4-8H,3H2,1-2H3,(H,14,15)/b7-6+. The zero-order valence-corrected chi connectivity index (χ0v) is 10.0. The van der Waals surface area contributed by atoms with E-state index in [9.17, 15) is 4.79 Å². The molecule has 16 heavy (non-hydrogen) atoms. The molecule has 1 rings (SSSR count). The predicted octanol–water partition coefficient (Wildman–Crippen LogP) is 3.14. The van der Waals surface area contributed by atoms with E-state index in [0.717, 1.165) is 5.56 Å². The Morgan fingerprint density at radius 2 is 2.31 bits per heavy atom. The average Bonchev–Trinajstić information content (AvgIpc) is 2.24. The summed E-state index contributed by atoms with van der Waals surface area (Å²) in [6.07, 6.45) is 2.70. The van der Waals surface area contributed by atoms with Gasteiger partial charge in [0.05, 0.1) is 12.9 Å². The van der Waals surface area contributed by atoms with E-state index in [4.69, 9.17) is 16.3 Å². The first kappa shape index (κ1) is 12.6. The molecule has 0 heterocycles. The molecule has 1 aromatic carbocycles. The lowest BCUT2D eigenvalue weighted by Crippen LogP contribution is -2.07. The molecule has 0 aromatic heterocycles. The summed E-state index contributed by atoms with van der Waals surface area (Å²) in [7, 11) is 0. The molecular weight excluding hydrogens is 226 g/mol. The van der Waals surface area contributed by atoms with Gasteiger partial charge in [0, 0.05) is 16.8 Å². The molecule has 0 atom stereocenters. The van der Waals surface area contributed by atoms with Crippen LogP contribution in [0.2, 0.25) is 5.02 Å². The van der Waals surface area contributed by atoms with Gasteiger partial charge < -0.3 is 10.1 Å². The van der Waals surface area contributed by atoms with Crippen molar-refractivity contribution in [1.29, 1.82) is 0 Å². The number of ether oxygens (including phenoxy) is 1. The Morgan fingerprint density at radius 3 is 2.94 bits per heavy atom. The third-order valence-corrected chi connectivity index (χ3v) is 2.33. The van der Waals surface area contributed by atoms with Gasteiger partial charge in [-0.25, -0.2) is 0 Å². The SMILES string of the molecule is CCO/C=C/C(=O)Nc1ccc(C)c(Cl)c1. The predicted molar refractivity (Wildman–Crippen MR) is 65.6 cm³/mol. The second kappa shape index (κ2) is 6.18. The first-order chi connectivity index (χ1) is 7.63. The summed E-state index contributed by atoms with van der Waals surface area (Å²) >= 11 is 5.93. The number of benzene rings is 1. The van der Waals surface area contributed by atoms with Crippen molar-refractivity contribution in [1.82, 2.24) is 0 Å². The van der Waals surface area contributed by atoms with Crippen LogP contribution in [-0.2, 0) is 9.53 Å². The molecule has 1 aromatic rings. The van der Waals surface area contributed by atoms with E-state index in [1.54, 1.807) is 12.1 Å². The monoisotopic (exact) mass is 239 g/mol. The summed E-state index contributed by atoms with van der Waals surface area (Å²) in [6.45, 7) is 4.30. The Hall–Kier alpha value is -1.48. The van der Waals surface area contributed by atoms with Crippen molar-refractivity contribution < 1.29 is 9.53 Å². The summed E-state index contributed by atoms with van der Waals surface area (Å²) in [5.41, 5.74) is 1.64. The maximum Gasteiger partial charge on any atom is 0.251 e. The highest BCUT2D eigenvalue weighted by molar-refractivity contribution is 6.31. The fourth-order valence-electron chi connectivity index (χ4n) is 1.06. The highest BCUT2D eigenvalue weighted by Crippen LogP contribution is 2.19. The number of anilines is 1. The van der Waals surface area contributed by atoms with Gasteiger partial charge in [-0.05, 0) is 31.5 Å². The molecule has 0 spiro atoms. The number of aryl methyl sites for hydroxylation is 1. The average molecular weight is 240 g/mol. The third-order valence-electron chi connectivity index (χ3n) is 1.92. The number of hydrogen-bond acceptors (Lipinski definition) is 2. The first-order valence-corrected chi connectivity index (χ1v) is 5.36. The van der Waals surface area contributed by atoms with Crippen LogP contribution in [0.25, 0.3) is 0 Å². The molecule has 1 amide bonds. The van der Waals surface area contributed by atoms with Crippen LogP contribution in [-0.4, -0.2) is 12.5 Å². The Balaban J connectivity index is 2.59. The quantitative estimate of drug-likeness (QED) is 0.648. The zero-order valence-electron chi connectivity index (χ0n) is 9.29. The number of nitrogens with one attached hydrogen (secondary N) is 1. The lowest BCUT2D eigenvalue weighted by atomic mass is 10.2. The normalized spacial score (nSPS) is 10.4. The van der Waals surface area contributed by atoms with Crippen LogP contribution in [0.4, 0.5) is 5.69 Å². The molecule has 86 valence electrons. The van der Waals surface area contributed by atoms with Crippen molar-refractivity contribution in [2.24, 2.45) is 0 Å². The van der Waals surface area contributed by atoms with Crippen molar-refractivity contribution in [3.63, 3.8) is 0 Å². The summed E-state index contributed by atoms with van der Waals surface area (Å²) < 4.78 is 4.92. The molecule has 0 aliphatic heterocycles. The number of hydrogen-bond donors (Lipinski definition) is 1. The molecule has 0 bridgehead atoms. The minimum atomic E-state index is -0.242. The van der Waals surface area contributed by atoms with E-state index in [1.165, 1.54) is 12.3 Å². The van der Waals surface area contributed by atoms with Crippen LogP contribution in [0.15, 0.2) is 30.5 Å². The molecule has 3 nitrogen and oxygen atoms in total. The van der Waals surface area contributed by atoms with Gasteiger partial charge in [0.1, 0.15) is 0 Å². The largest absolute Gasteiger partial charge is 0.501 e. The number of rotatable bonds is 4. The van der Waals surface area contributed by atoms with E-state index in [-0.39, 0.29) is 5.91 Å². The van der Waals surface area contributed by atoms with Crippen LogP contribution in [0.3, 0.4) is 0 Å². The summed E-state index contributed by atoms with van der Waals surface area (Å²) in [5, 5.41) is 3.31. The summed E-state index contributed by atoms with van der Waals surface area (Å²) in [5.74, 6) is -0.242. The van der Waals surface area contributed by atoms with E-state index in [2.05, 4.69) is 5.32 Å². The maximum absolute atomic E-state index is 11.4. The molecule has 4 heteroatoms. The summed E-state index contributed by atoms with van der Waals surface area (Å²) in [4.78, 5) is 11.4. The van der Waals surface area contributed by atoms with Crippen LogP contribution in [0.5, 0.6) is 0 Å². The first-order valence-electron chi connectivity index (χ1n) is 4.98. The van der Waals surface area contributed by atoms with Crippen LogP contribution in [0.1, 0.15) is 12.5 Å². The van der Waals surface area contributed by atoms with Crippen molar-refractivity contribution >= 4 is 23.2 Å². The van der Waals surface area contributed by atoms with E-state index >= 15 is 0 Å². The fraction of sp³-hybridized carbons (Fsp3) is 0.250. The van der Waals surface area contributed by atoms with Gasteiger partial charge in [0.25, 0.3) is 5.91 Å². The van der Waals surface area contributed by atoms with E-state index < -0.39 is 0 Å². The van der Waals surface area contributed by atoms with Gasteiger partial charge in [-0.1, -0.05) is 17.7 Å². The van der Waals surface area contributed by atoms with Crippen LogP contribution >= 0.6 is 11.6 Å². The van der Waals surface area contributed by atoms with Gasteiger partial charge in [0.15, 0.2) is 0 Å². The maximum atomic E-state index is 11.4. The second-order valence-electron chi connectivity index (χ2n) is 3.21. The Labute approximate surface area is 100 Å². The molecule has 0 fully saturated rings. The Morgan fingerprint density at radius 1 is 1.56 bits per heavy atom. The topological polar surface area (TPSA) is 38.3 Å². The van der Waals surface area contributed by atoms with Crippen LogP contribution < -0.4 is 5.32 Å². The summed E-state index contributed by atoms with van der Waals surface area (Å²) in [6, 6.07) is 5.36.